The fraction of sp³-hybridized carbons (Fsp3) is 0.111. The molecule has 80 valence electrons. The summed E-state index contributed by atoms with van der Waals surface area (Å²) in [5.74, 6) is -0.738. The quantitative estimate of drug-likeness (QED) is 0.889. The van der Waals surface area contributed by atoms with Crippen molar-refractivity contribution < 1.29 is 14.6 Å². The van der Waals surface area contributed by atoms with Crippen molar-refractivity contribution in [3.63, 3.8) is 0 Å². The fourth-order valence-electron chi connectivity index (χ4n) is 0.798. The number of hydrogen-bond acceptors (Lipinski definition) is 3. The van der Waals surface area contributed by atoms with Crippen LogP contribution in [0.15, 0.2) is 29.0 Å². The van der Waals surface area contributed by atoms with Gasteiger partial charge < -0.3 is 9.84 Å². The summed E-state index contributed by atoms with van der Waals surface area (Å²) in [6.07, 6.45) is 2.62. The Kier molecular flexibility index (Phi) is 4.39. The highest BCUT2D eigenvalue weighted by Crippen LogP contribution is 2.13. The summed E-state index contributed by atoms with van der Waals surface area (Å²) in [5.41, 5.74) is 1.23. The van der Waals surface area contributed by atoms with Gasteiger partial charge in [0, 0.05) is 11.7 Å². The van der Waals surface area contributed by atoms with Crippen molar-refractivity contribution in [1.82, 2.24) is 4.98 Å². The second kappa shape index (κ2) is 5.58. The summed E-state index contributed by atoms with van der Waals surface area (Å²) >= 11 is 10.9. The highest BCUT2D eigenvalue weighted by atomic mass is 35.5. The number of aromatic carboxylic acids is 1. The van der Waals surface area contributed by atoms with Crippen molar-refractivity contribution in [2.24, 2.45) is 0 Å². The zero-order chi connectivity index (χ0) is 11.3. The molecule has 15 heavy (non-hydrogen) atoms. The van der Waals surface area contributed by atoms with E-state index in [1.54, 1.807) is 0 Å². The molecule has 1 heterocycles. The molecule has 0 atom stereocenters. The number of ether oxygens (including phenoxy) is 1. The van der Waals surface area contributed by atoms with E-state index in [-0.39, 0.29) is 12.2 Å². The van der Waals surface area contributed by atoms with Crippen LogP contribution in [0.3, 0.4) is 0 Å². The summed E-state index contributed by atoms with van der Waals surface area (Å²) in [4.78, 5) is 14.3. The Labute approximate surface area is 96.1 Å². The average Bonchev–Trinajstić information content (AvgIpc) is 2.26. The molecular formula is C9H7Cl2NO3. The topological polar surface area (TPSA) is 59.4 Å². The van der Waals surface area contributed by atoms with Crippen LogP contribution in [0.4, 0.5) is 0 Å². The van der Waals surface area contributed by atoms with Gasteiger partial charge in [-0.05, 0) is 6.07 Å². The predicted molar refractivity (Wildman–Crippen MR) is 56.5 cm³/mol. The van der Waals surface area contributed by atoms with E-state index in [1.807, 2.05) is 0 Å². The summed E-state index contributed by atoms with van der Waals surface area (Å²) in [7, 11) is 0. The van der Waals surface area contributed by atoms with E-state index in [2.05, 4.69) is 4.98 Å². The lowest BCUT2D eigenvalue weighted by atomic mass is 10.3. The minimum Gasteiger partial charge on any atom is -0.486 e. The normalized spacial score (nSPS) is 11.2. The van der Waals surface area contributed by atoms with E-state index < -0.39 is 5.97 Å². The summed E-state index contributed by atoms with van der Waals surface area (Å²) < 4.78 is 5.14. The molecule has 0 aliphatic carbocycles. The van der Waals surface area contributed by atoms with Crippen LogP contribution in [-0.4, -0.2) is 22.7 Å². The van der Waals surface area contributed by atoms with E-state index >= 15 is 0 Å². The monoisotopic (exact) mass is 247 g/mol. The molecule has 1 aromatic rings. The number of rotatable bonds is 4. The number of carboxylic acids is 1. The number of halogens is 2. The van der Waals surface area contributed by atoms with E-state index in [1.165, 1.54) is 24.0 Å². The van der Waals surface area contributed by atoms with Crippen LogP contribution in [0.1, 0.15) is 10.4 Å². The first kappa shape index (κ1) is 11.8. The molecular weight excluding hydrogens is 241 g/mol. The highest BCUT2D eigenvalue weighted by Gasteiger charge is 2.04. The number of aromatic nitrogens is 1. The first-order chi connectivity index (χ1) is 7.13. The lowest BCUT2D eigenvalue weighted by Crippen LogP contribution is -2.01. The molecule has 0 unspecified atom stereocenters. The molecule has 0 bridgehead atoms. The Morgan fingerprint density at radius 2 is 2.33 bits per heavy atom. The van der Waals surface area contributed by atoms with Crippen LogP contribution in [0.2, 0.25) is 0 Å². The van der Waals surface area contributed by atoms with Crippen LogP contribution < -0.4 is 4.74 Å². The SMILES string of the molecule is O=C(O)c1cncc(OCC(Cl)=CCl)c1. The summed E-state index contributed by atoms with van der Waals surface area (Å²) in [6.45, 7) is 0.0792. The molecule has 1 aromatic heterocycles. The maximum atomic E-state index is 10.6. The third-order valence-corrected chi connectivity index (χ3v) is 2.05. The molecule has 0 spiro atoms. The van der Waals surface area contributed by atoms with Gasteiger partial charge in [-0.2, -0.15) is 0 Å². The van der Waals surface area contributed by atoms with E-state index in [4.69, 9.17) is 33.0 Å². The lowest BCUT2D eigenvalue weighted by Gasteiger charge is -2.04. The second-order valence-corrected chi connectivity index (χ2v) is 3.26. The van der Waals surface area contributed by atoms with Gasteiger partial charge in [0.05, 0.1) is 16.8 Å². The van der Waals surface area contributed by atoms with Crippen LogP contribution in [0.25, 0.3) is 0 Å². The maximum Gasteiger partial charge on any atom is 0.337 e. The highest BCUT2D eigenvalue weighted by molar-refractivity contribution is 6.36. The second-order valence-electron chi connectivity index (χ2n) is 2.56. The van der Waals surface area contributed by atoms with Crippen molar-refractivity contribution in [1.29, 1.82) is 0 Å². The summed E-state index contributed by atoms with van der Waals surface area (Å²) in [6, 6.07) is 1.35. The van der Waals surface area contributed by atoms with Gasteiger partial charge in [-0.3, -0.25) is 4.98 Å². The van der Waals surface area contributed by atoms with Gasteiger partial charge in [0.2, 0.25) is 0 Å². The van der Waals surface area contributed by atoms with Crippen molar-refractivity contribution >= 4 is 29.2 Å². The van der Waals surface area contributed by atoms with Crippen molar-refractivity contribution in [3.8, 4) is 5.75 Å². The van der Waals surface area contributed by atoms with Gasteiger partial charge in [-0.25, -0.2) is 4.79 Å². The third-order valence-electron chi connectivity index (χ3n) is 1.46. The van der Waals surface area contributed by atoms with Crippen LogP contribution in [0.5, 0.6) is 5.75 Å². The minimum atomic E-state index is -1.06. The number of pyridine rings is 1. The molecule has 0 aliphatic rings. The Bertz CT molecular complexity index is 393. The number of carbonyl (C=O) groups is 1. The van der Waals surface area contributed by atoms with Crippen molar-refractivity contribution in [2.45, 2.75) is 0 Å². The maximum absolute atomic E-state index is 10.6. The molecule has 0 radical (unpaired) electrons. The van der Waals surface area contributed by atoms with Gasteiger partial charge in [-0.1, -0.05) is 23.2 Å². The molecule has 1 rings (SSSR count). The number of nitrogens with zero attached hydrogens (tertiary/aromatic N) is 1. The van der Waals surface area contributed by atoms with Crippen LogP contribution in [-0.2, 0) is 0 Å². The van der Waals surface area contributed by atoms with Crippen LogP contribution in [0, 0.1) is 0 Å². The van der Waals surface area contributed by atoms with Gasteiger partial charge >= 0.3 is 5.97 Å². The minimum absolute atomic E-state index is 0.0541. The van der Waals surface area contributed by atoms with Gasteiger partial charge in [-0.15, -0.1) is 0 Å². The predicted octanol–water partition coefficient (Wildman–Crippen LogP) is 2.48. The largest absolute Gasteiger partial charge is 0.486 e. The molecule has 0 aliphatic heterocycles. The Balaban J connectivity index is 2.70. The molecule has 0 aromatic carbocycles. The lowest BCUT2D eigenvalue weighted by molar-refractivity contribution is 0.0696. The Morgan fingerprint density at radius 3 is 2.93 bits per heavy atom. The number of carboxylic acid groups (broad SMARTS) is 1. The van der Waals surface area contributed by atoms with Crippen molar-refractivity contribution in [3.05, 3.63) is 34.6 Å². The fourth-order valence-corrected chi connectivity index (χ4v) is 0.916. The Hall–Kier alpha value is -1.26. The molecule has 0 saturated carbocycles. The van der Waals surface area contributed by atoms with Crippen LogP contribution >= 0.6 is 23.2 Å². The van der Waals surface area contributed by atoms with E-state index in [0.717, 1.165) is 0 Å². The van der Waals surface area contributed by atoms with Gasteiger partial charge in [0.1, 0.15) is 12.4 Å². The average molecular weight is 248 g/mol. The molecule has 4 nitrogen and oxygen atoms in total. The molecule has 0 amide bonds. The van der Waals surface area contributed by atoms with Gasteiger partial charge in [0.25, 0.3) is 0 Å². The van der Waals surface area contributed by atoms with E-state index in [0.29, 0.717) is 10.8 Å². The zero-order valence-corrected chi connectivity index (χ0v) is 9.00. The zero-order valence-electron chi connectivity index (χ0n) is 7.48. The molecule has 0 fully saturated rings. The molecule has 6 heteroatoms. The number of hydrogen-bond donors (Lipinski definition) is 1. The molecule has 1 N–H and O–H groups in total. The smallest absolute Gasteiger partial charge is 0.337 e. The first-order valence-corrected chi connectivity index (χ1v) is 4.71. The van der Waals surface area contributed by atoms with E-state index in [9.17, 15) is 4.79 Å². The standard InChI is InChI=1S/C9H7Cl2NO3/c10-2-7(11)5-15-8-1-6(9(13)14)3-12-4-8/h1-4H,5H2,(H,13,14). The summed E-state index contributed by atoms with van der Waals surface area (Å²) in [5, 5.41) is 9.00. The van der Waals surface area contributed by atoms with Gasteiger partial charge in [0.15, 0.2) is 0 Å². The first-order valence-electron chi connectivity index (χ1n) is 3.89. The van der Waals surface area contributed by atoms with Crippen molar-refractivity contribution in [2.75, 3.05) is 6.61 Å². The third kappa shape index (κ3) is 3.77. The molecule has 0 saturated heterocycles. The Morgan fingerprint density at radius 1 is 1.60 bits per heavy atom.